The van der Waals surface area contributed by atoms with Gasteiger partial charge in [0.1, 0.15) is 5.01 Å². The average molecular weight is 386 g/mol. The van der Waals surface area contributed by atoms with Crippen molar-refractivity contribution < 1.29 is 4.79 Å². The van der Waals surface area contributed by atoms with E-state index in [1.165, 1.54) is 4.88 Å². The second-order valence-corrected chi connectivity index (χ2v) is 8.00. The SMILES string of the molecule is O=C(Nc1cccc2cccnc12)C1CCc2nc(-c3ccccn3)sc2C1. The van der Waals surface area contributed by atoms with E-state index in [1.807, 2.05) is 48.5 Å². The topological polar surface area (TPSA) is 67.8 Å². The van der Waals surface area contributed by atoms with Gasteiger partial charge in [-0.2, -0.15) is 0 Å². The van der Waals surface area contributed by atoms with Gasteiger partial charge in [0.05, 0.1) is 22.6 Å². The maximum atomic E-state index is 12.9. The summed E-state index contributed by atoms with van der Waals surface area (Å²) >= 11 is 1.65. The van der Waals surface area contributed by atoms with Crippen LogP contribution in [0.15, 0.2) is 60.9 Å². The summed E-state index contributed by atoms with van der Waals surface area (Å²) in [5.41, 5.74) is 3.60. The molecule has 0 fully saturated rings. The van der Waals surface area contributed by atoms with E-state index in [4.69, 9.17) is 4.98 Å². The van der Waals surface area contributed by atoms with E-state index in [9.17, 15) is 4.79 Å². The van der Waals surface area contributed by atoms with Crippen LogP contribution in [0.1, 0.15) is 17.0 Å². The highest BCUT2D eigenvalue weighted by molar-refractivity contribution is 7.15. The molecule has 0 aliphatic heterocycles. The van der Waals surface area contributed by atoms with Crippen LogP contribution in [0.5, 0.6) is 0 Å². The van der Waals surface area contributed by atoms with E-state index < -0.39 is 0 Å². The highest BCUT2D eigenvalue weighted by atomic mass is 32.1. The third kappa shape index (κ3) is 3.16. The molecular weight excluding hydrogens is 368 g/mol. The van der Waals surface area contributed by atoms with Crippen LogP contribution in [-0.4, -0.2) is 20.9 Å². The zero-order valence-corrected chi connectivity index (χ0v) is 15.9. The van der Waals surface area contributed by atoms with Gasteiger partial charge in [-0.05, 0) is 43.5 Å². The zero-order chi connectivity index (χ0) is 18.9. The lowest BCUT2D eigenvalue weighted by Gasteiger charge is -2.20. The number of fused-ring (bicyclic) bond motifs is 2. The number of nitrogens with zero attached hydrogens (tertiary/aromatic N) is 3. The number of hydrogen-bond donors (Lipinski definition) is 1. The summed E-state index contributed by atoms with van der Waals surface area (Å²) in [4.78, 5) is 27.7. The first-order valence-electron chi connectivity index (χ1n) is 9.32. The van der Waals surface area contributed by atoms with Gasteiger partial charge in [0.25, 0.3) is 0 Å². The quantitative estimate of drug-likeness (QED) is 0.563. The van der Waals surface area contributed by atoms with E-state index in [0.717, 1.165) is 52.2 Å². The Kier molecular flexibility index (Phi) is 4.33. The Hall–Kier alpha value is -3.12. The van der Waals surface area contributed by atoms with Crippen molar-refractivity contribution in [1.29, 1.82) is 0 Å². The molecule has 0 saturated heterocycles. The van der Waals surface area contributed by atoms with Crippen molar-refractivity contribution in [1.82, 2.24) is 15.0 Å². The number of rotatable bonds is 3. The third-order valence-corrected chi connectivity index (χ3v) is 6.23. The molecule has 4 aromatic rings. The van der Waals surface area contributed by atoms with Crippen molar-refractivity contribution in [2.45, 2.75) is 19.3 Å². The standard InChI is InChI=1S/C22H18N4OS/c27-21(25-17-8-3-5-14-6-4-12-24-20(14)17)15-9-10-16-19(13-15)28-22(26-16)18-7-1-2-11-23-18/h1-8,11-12,15H,9-10,13H2,(H,25,27). The van der Waals surface area contributed by atoms with Crippen molar-refractivity contribution in [2.75, 3.05) is 5.32 Å². The van der Waals surface area contributed by atoms with Crippen LogP contribution in [0.25, 0.3) is 21.6 Å². The Balaban J connectivity index is 1.36. The van der Waals surface area contributed by atoms with Gasteiger partial charge in [-0.25, -0.2) is 4.98 Å². The molecule has 0 bridgehead atoms. The fraction of sp³-hybridized carbons (Fsp3) is 0.182. The second kappa shape index (κ2) is 7.13. The average Bonchev–Trinajstić information content (AvgIpc) is 3.18. The molecule has 1 atom stereocenters. The van der Waals surface area contributed by atoms with Crippen molar-refractivity contribution in [3.8, 4) is 10.7 Å². The lowest BCUT2D eigenvalue weighted by atomic mass is 9.90. The van der Waals surface area contributed by atoms with Gasteiger partial charge in [-0.1, -0.05) is 24.3 Å². The van der Waals surface area contributed by atoms with Gasteiger partial charge < -0.3 is 5.32 Å². The molecule has 1 amide bonds. The number of nitrogens with one attached hydrogen (secondary N) is 1. The van der Waals surface area contributed by atoms with Crippen LogP contribution in [-0.2, 0) is 17.6 Å². The molecular formula is C22H18N4OS. The van der Waals surface area contributed by atoms with Crippen LogP contribution >= 0.6 is 11.3 Å². The summed E-state index contributed by atoms with van der Waals surface area (Å²) in [6.45, 7) is 0. The van der Waals surface area contributed by atoms with Crippen LogP contribution in [0.4, 0.5) is 5.69 Å². The van der Waals surface area contributed by atoms with Gasteiger partial charge in [0.2, 0.25) is 5.91 Å². The Morgan fingerprint density at radius 2 is 1.93 bits per heavy atom. The highest BCUT2D eigenvalue weighted by Gasteiger charge is 2.28. The molecule has 5 rings (SSSR count). The molecule has 5 nitrogen and oxygen atoms in total. The first-order chi connectivity index (χ1) is 13.8. The smallest absolute Gasteiger partial charge is 0.227 e. The zero-order valence-electron chi connectivity index (χ0n) is 15.1. The number of hydrogen-bond acceptors (Lipinski definition) is 5. The first kappa shape index (κ1) is 17.0. The fourth-order valence-electron chi connectivity index (χ4n) is 3.64. The molecule has 1 aliphatic carbocycles. The number of aromatic nitrogens is 3. The van der Waals surface area contributed by atoms with Crippen molar-refractivity contribution in [3.05, 3.63) is 71.5 Å². The molecule has 0 spiro atoms. The molecule has 0 radical (unpaired) electrons. The van der Waals surface area contributed by atoms with Crippen LogP contribution in [0.3, 0.4) is 0 Å². The lowest BCUT2D eigenvalue weighted by molar-refractivity contribution is -0.120. The van der Waals surface area contributed by atoms with Gasteiger partial charge in [0, 0.05) is 28.6 Å². The van der Waals surface area contributed by atoms with Gasteiger partial charge in [0.15, 0.2) is 0 Å². The minimum absolute atomic E-state index is 0.0523. The number of pyridine rings is 2. The molecule has 0 saturated carbocycles. The van der Waals surface area contributed by atoms with Gasteiger partial charge >= 0.3 is 0 Å². The Bertz CT molecular complexity index is 1150. The molecule has 3 heterocycles. The minimum atomic E-state index is -0.0523. The Morgan fingerprint density at radius 1 is 1.04 bits per heavy atom. The number of amides is 1. The molecule has 6 heteroatoms. The largest absolute Gasteiger partial charge is 0.324 e. The maximum Gasteiger partial charge on any atom is 0.227 e. The summed E-state index contributed by atoms with van der Waals surface area (Å²) in [5.74, 6) is 0.0000834. The molecule has 3 aromatic heterocycles. The van der Waals surface area contributed by atoms with Gasteiger partial charge in [-0.3, -0.25) is 14.8 Å². The number of anilines is 1. The summed E-state index contributed by atoms with van der Waals surface area (Å²) in [7, 11) is 0. The van der Waals surface area contributed by atoms with E-state index >= 15 is 0 Å². The molecule has 138 valence electrons. The van der Waals surface area contributed by atoms with Crippen LogP contribution in [0.2, 0.25) is 0 Å². The van der Waals surface area contributed by atoms with Crippen molar-refractivity contribution >= 4 is 33.8 Å². The number of carbonyl (C=O) groups is 1. The van der Waals surface area contributed by atoms with Gasteiger partial charge in [-0.15, -0.1) is 11.3 Å². The maximum absolute atomic E-state index is 12.9. The lowest BCUT2D eigenvalue weighted by Crippen LogP contribution is -2.27. The second-order valence-electron chi connectivity index (χ2n) is 6.91. The number of aryl methyl sites for hydroxylation is 1. The molecule has 1 N–H and O–H groups in total. The summed E-state index contributed by atoms with van der Waals surface area (Å²) in [6, 6.07) is 15.6. The molecule has 1 aromatic carbocycles. The fourth-order valence-corrected chi connectivity index (χ4v) is 4.80. The summed E-state index contributed by atoms with van der Waals surface area (Å²) in [6.07, 6.45) is 5.89. The Morgan fingerprint density at radius 3 is 2.82 bits per heavy atom. The van der Waals surface area contributed by atoms with Crippen LogP contribution in [0, 0.1) is 5.92 Å². The monoisotopic (exact) mass is 386 g/mol. The predicted octanol–water partition coefficient (Wildman–Crippen LogP) is 4.50. The summed E-state index contributed by atoms with van der Waals surface area (Å²) in [5, 5.41) is 5.05. The van der Waals surface area contributed by atoms with Crippen molar-refractivity contribution in [3.63, 3.8) is 0 Å². The number of para-hydroxylation sites is 1. The van der Waals surface area contributed by atoms with E-state index in [0.29, 0.717) is 0 Å². The molecule has 28 heavy (non-hydrogen) atoms. The van der Waals surface area contributed by atoms with Crippen molar-refractivity contribution in [2.24, 2.45) is 5.92 Å². The van der Waals surface area contributed by atoms with E-state index in [2.05, 4.69) is 15.3 Å². The van der Waals surface area contributed by atoms with Crippen LogP contribution < -0.4 is 5.32 Å². The number of thiazole rings is 1. The van der Waals surface area contributed by atoms with E-state index in [1.54, 1.807) is 23.7 Å². The summed E-state index contributed by atoms with van der Waals surface area (Å²) < 4.78 is 0. The first-order valence-corrected chi connectivity index (χ1v) is 10.1. The molecule has 1 aliphatic rings. The number of benzene rings is 1. The van der Waals surface area contributed by atoms with E-state index in [-0.39, 0.29) is 11.8 Å². The number of carbonyl (C=O) groups excluding carboxylic acids is 1. The predicted molar refractivity (Wildman–Crippen MR) is 111 cm³/mol. The highest BCUT2D eigenvalue weighted by Crippen LogP contribution is 2.34. The molecule has 1 unspecified atom stereocenters. The third-order valence-electron chi connectivity index (χ3n) is 5.09. The Labute approximate surface area is 166 Å². The minimum Gasteiger partial charge on any atom is -0.324 e. The normalized spacial score (nSPS) is 15.9.